The molecule has 1 aromatic rings. The normalized spacial score (nSPS) is 27.5. The summed E-state index contributed by atoms with van der Waals surface area (Å²) in [6.07, 6.45) is 3.75. The maximum absolute atomic E-state index is 5.28. The first-order valence-corrected chi connectivity index (χ1v) is 5.09. The van der Waals surface area contributed by atoms with E-state index in [0.717, 1.165) is 11.8 Å². The molecule has 0 aliphatic heterocycles. The van der Waals surface area contributed by atoms with Crippen molar-refractivity contribution in [1.29, 1.82) is 0 Å². The Labute approximate surface area is 79.7 Å². The second kappa shape index (κ2) is 3.17. The first-order chi connectivity index (χ1) is 5.81. The quantitative estimate of drug-likeness (QED) is 0.802. The van der Waals surface area contributed by atoms with Gasteiger partial charge in [0.2, 0.25) is 5.89 Å². The van der Waals surface area contributed by atoms with Gasteiger partial charge in [0.25, 0.3) is 4.80 Å². The Morgan fingerprint density at radius 3 is 3.00 bits per heavy atom. The average molecular weight is 231 g/mol. The van der Waals surface area contributed by atoms with Crippen LogP contribution in [-0.4, -0.2) is 10.2 Å². The van der Waals surface area contributed by atoms with E-state index in [0.29, 0.717) is 10.7 Å². The summed E-state index contributed by atoms with van der Waals surface area (Å²) in [6.45, 7) is 2.21. The zero-order valence-electron chi connectivity index (χ0n) is 6.96. The van der Waals surface area contributed by atoms with Crippen molar-refractivity contribution in [3.8, 4) is 0 Å². The molecule has 2 atom stereocenters. The molecule has 1 aromatic heterocycles. The SMILES string of the molecule is CCCC1CC1c1nnc(Br)o1. The van der Waals surface area contributed by atoms with Crippen LogP contribution in [0.15, 0.2) is 9.22 Å². The van der Waals surface area contributed by atoms with Crippen molar-refractivity contribution in [2.24, 2.45) is 5.92 Å². The van der Waals surface area contributed by atoms with Crippen LogP contribution in [0.25, 0.3) is 0 Å². The predicted molar refractivity (Wildman–Crippen MR) is 47.8 cm³/mol. The van der Waals surface area contributed by atoms with Crippen LogP contribution in [0.2, 0.25) is 0 Å². The summed E-state index contributed by atoms with van der Waals surface area (Å²) in [5.41, 5.74) is 0. The third kappa shape index (κ3) is 1.53. The van der Waals surface area contributed by atoms with Gasteiger partial charge in [-0.25, -0.2) is 0 Å². The van der Waals surface area contributed by atoms with Gasteiger partial charge in [-0.3, -0.25) is 0 Å². The van der Waals surface area contributed by atoms with Crippen LogP contribution >= 0.6 is 15.9 Å². The predicted octanol–water partition coefficient (Wildman–Crippen LogP) is 2.74. The standard InChI is InChI=1S/C8H11BrN2O/c1-2-3-5-4-6(5)7-10-11-8(9)12-7/h5-6H,2-4H2,1H3. The molecular formula is C8H11BrN2O. The van der Waals surface area contributed by atoms with Crippen LogP contribution in [0.4, 0.5) is 0 Å². The molecule has 0 N–H and O–H groups in total. The lowest BCUT2D eigenvalue weighted by Crippen LogP contribution is -1.83. The van der Waals surface area contributed by atoms with Gasteiger partial charge in [0, 0.05) is 21.8 Å². The van der Waals surface area contributed by atoms with Crippen molar-refractivity contribution in [1.82, 2.24) is 10.2 Å². The largest absolute Gasteiger partial charge is 0.415 e. The molecule has 3 nitrogen and oxygen atoms in total. The number of halogens is 1. The lowest BCUT2D eigenvalue weighted by atomic mass is 10.2. The molecule has 66 valence electrons. The fourth-order valence-electron chi connectivity index (χ4n) is 1.61. The van der Waals surface area contributed by atoms with Crippen LogP contribution in [0.1, 0.15) is 38.0 Å². The highest BCUT2D eigenvalue weighted by molar-refractivity contribution is 9.10. The third-order valence-corrected chi connectivity index (χ3v) is 2.64. The summed E-state index contributed by atoms with van der Waals surface area (Å²) < 4.78 is 5.28. The topological polar surface area (TPSA) is 38.9 Å². The highest BCUT2D eigenvalue weighted by atomic mass is 79.9. The molecule has 0 saturated heterocycles. The number of nitrogens with zero attached hydrogens (tertiary/aromatic N) is 2. The third-order valence-electron chi connectivity index (χ3n) is 2.32. The molecule has 1 aliphatic rings. The summed E-state index contributed by atoms with van der Waals surface area (Å²) >= 11 is 3.15. The summed E-state index contributed by atoms with van der Waals surface area (Å²) in [7, 11) is 0. The van der Waals surface area contributed by atoms with Gasteiger partial charge in [-0.2, -0.15) is 0 Å². The lowest BCUT2D eigenvalue weighted by Gasteiger charge is -1.90. The monoisotopic (exact) mass is 230 g/mol. The highest BCUT2D eigenvalue weighted by Crippen LogP contribution is 2.49. The van der Waals surface area contributed by atoms with Crippen LogP contribution in [0.5, 0.6) is 0 Å². The number of aromatic nitrogens is 2. The lowest BCUT2D eigenvalue weighted by molar-refractivity contribution is 0.463. The van der Waals surface area contributed by atoms with E-state index in [-0.39, 0.29) is 0 Å². The number of rotatable bonds is 3. The second-order valence-corrected chi connectivity index (χ2v) is 3.96. The van der Waals surface area contributed by atoms with Crippen molar-refractivity contribution in [3.63, 3.8) is 0 Å². The van der Waals surface area contributed by atoms with E-state index in [1.807, 2.05) is 0 Å². The number of hydrogen-bond donors (Lipinski definition) is 0. The molecule has 12 heavy (non-hydrogen) atoms. The summed E-state index contributed by atoms with van der Waals surface area (Å²) in [5, 5.41) is 7.72. The number of hydrogen-bond acceptors (Lipinski definition) is 3. The van der Waals surface area contributed by atoms with Gasteiger partial charge >= 0.3 is 0 Å². The van der Waals surface area contributed by atoms with Gasteiger partial charge in [-0.05, 0) is 18.8 Å². The molecule has 1 heterocycles. The minimum Gasteiger partial charge on any atom is -0.415 e. The van der Waals surface area contributed by atoms with E-state index in [2.05, 4.69) is 33.1 Å². The molecule has 0 radical (unpaired) electrons. The van der Waals surface area contributed by atoms with E-state index in [1.165, 1.54) is 19.3 Å². The van der Waals surface area contributed by atoms with Crippen molar-refractivity contribution in [3.05, 3.63) is 10.7 Å². The molecule has 1 saturated carbocycles. The van der Waals surface area contributed by atoms with Crippen molar-refractivity contribution in [2.45, 2.75) is 32.1 Å². The molecule has 2 unspecified atom stereocenters. The Kier molecular flexibility index (Phi) is 2.17. The van der Waals surface area contributed by atoms with Gasteiger partial charge in [-0.15, -0.1) is 10.2 Å². The zero-order valence-corrected chi connectivity index (χ0v) is 8.54. The van der Waals surface area contributed by atoms with Crippen molar-refractivity contribution in [2.75, 3.05) is 0 Å². The molecule has 0 bridgehead atoms. The molecule has 0 aromatic carbocycles. The maximum Gasteiger partial charge on any atom is 0.284 e. The molecule has 1 aliphatic carbocycles. The van der Waals surface area contributed by atoms with Gasteiger partial charge in [0.05, 0.1) is 0 Å². The van der Waals surface area contributed by atoms with Gasteiger partial charge < -0.3 is 4.42 Å². The van der Waals surface area contributed by atoms with Gasteiger partial charge in [0.1, 0.15) is 0 Å². The Morgan fingerprint density at radius 1 is 1.58 bits per heavy atom. The Bertz CT molecular complexity index is 274. The molecule has 0 spiro atoms. The van der Waals surface area contributed by atoms with E-state index < -0.39 is 0 Å². The molecular weight excluding hydrogens is 220 g/mol. The van der Waals surface area contributed by atoms with Crippen molar-refractivity contribution >= 4 is 15.9 Å². The van der Waals surface area contributed by atoms with Gasteiger partial charge in [0.15, 0.2) is 0 Å². The first kappa shape index (κ1) is 8.23. The first-order valence-electron chi connectivity index (χ1n) is 4.30. The Hall–Kier alpha value is -0.380. The van der Waals surface area contributed by atoms with Crippen LogP contribution in [-0.2, 0) is 0 Å². The van der Waals surface area contributed by atoms with Gasteiger partial charge in [-0.1, -0.05) is 13.3 Å². The summed E-state index contributed by atoms with van der Waals surface area (Å²) in [6, 6.07) is 0. The van der Waals surface area contributed by atoms with Crippen LogP contribution < -0.4 is 0 Å². The van der Waals surface area contributed by atoms with Crippen molar-refractivity contribution < 1.29 is 4.42 Å². The van der Waals surface area contributed by atoms with E-state index >= 15 is 0 Å². The zero-order chi connectivity index (χ0) is 8.55. The molecule has 1 fully saturated rings. The summed E-state index contributed by atoms with van der Waals surface area (Å²) in [5.74, 6) is 2.14. The van der Waals surface area contributed by atoms with Crippen LogP contribution in [0, 0.1) is 5.92 Å². The Morgan fingerprint density at radius 2 is 2.42 bits per heavy atom. The fourth-order valence-corrected chi connectivity index (χ4v) is 1.85. The van der Waals surface area contributed by atoms with E-state index in [1.54, 1.807) is 0 Å². The minimum atomic E-state index is 0.500. The second-order valence-electron chi connectivity index (χ2n) is 3.28. The minimum absolute atomic E-state index is 0.500. The smallest absolute Gasteiger partial charge is 0.284 e. The Balaban J connectivity index is 1.96. The highest BCUT2D eigenvalue weighted by Gasteiger charge is 2.41. The molecule has 4 heteroatoms. The maximum atomic E-state index is 5.28. The van der Waals surface area contributed by atoms with E-state index in [9.17, 15) is 0 Å². The average Bonchev–Trinajstić information content (AvgIpc) is 2.67. The molecule has 0 amide bonds. The van der Waals surface area contributed by atoms with Crippen LogP contribution in [0.3, 0.4) is 0 Å². The molecule has 2 rings (SSSR count). The van der Waals surface area contributed by atoms with E-state index in [4.69, 9.17) is 4.42 Å². The fraction of sp³-hybridized carbons (Fsp3) is 0.750. The summed E-state index contributed by atoms with van der Waals surface area (Å²) in [4.78, 5) is 0.500.